The number of benzene rings is 1. The summed E-state index contributed by atoms with van der Waals surface area (Å²) in [4.78, 5) is 7.73. The summed E-state index contributed by atoms with van der Waals surface area (Å²) in [6, 6.07) is 9.91. The van der Waals surface area contributed by atoms with Gasteiger partial charge in [-0.15, -0.1) is 0 Å². The maximum Gasteiger partial charge on any atom is 0.129 e. The van der Waals surface area contributed by atoms with Crippen molar-refractivity contribution in [3.8, 4) is 0 Å². The molecule has 0 saturated heterocycles. The molecule has 0 atom stereocenters. The molecule has 3 rings (SSSR count). The van der Waals surface area contributed by atoms with Gasteiger partial charge in [0.2, 0.25) is 0 Å². The van der Waals surface area contributed by atoms with Gasteiger partial charge in [-0.1, -0.05) is 12.1 Å². The van der Waals surface area contributed by atoms with Gasteiger partial charge in [0.1, 0.15) is 5.82 Å². The van der Waals surface area contributed by atoms with Crippen molar-refractivity contribution >= 4 is 11.0 Å². The molecule has 74 valence electrons. The van der Waals surface area contributed by atoms with Crippen molar-refractivity contribution in [3.05, 3.63) is 48.5 Å². The first kappa shape index (κ1) is 8.23. The summed E-state index contributed by atoms with van der Waals surface area (Å²) in [5, 5.41) is 4.14. The standard InChI is InChI=1S/C11H10N4/c1-2-5-10-9(4-1)13-11(14-10)8-15-7-3-6-12-15/h1-7H,8H2,(H,13,14). The summed E-state index contributed by atoms with van der Waals surface area (Å²) >= 11 is 0. The zero-order valence-corrected chi connectivity index (χ0v) is 8.09. The van der Waals surface area contributed by atoms with Crippen molar-refractivity contribution in [1.29, 1.82) is 0 Å². The van der Waals surface area contributed by atoms with Gasteiger partial charge in [0.05, 0.1) is 17.6 Å². The Morgan fingerprint density at radius 1 is 1.20 bits per heavy atom. The van der Waals surface area contributed by atoms with Crippen LogP contribution in [0, 0.1) is 0 Å². The van der Waals surface area contributed by atoms with Crippen molar-refractivity contribution < 1.29 is 0 Å². The molecule has 4 nitrogen and oxygen atoms in total. The van der Waals surface area contributed by atoms with Crippen molar-refractivity contribution in [2.45, 2.75) is 6.54 Å². The van der Waals surface area contributed by atoms with E-state index >= 15 is 0 Å². The van der Waals surface area contributed by atoms with E-state index in [1.807, 2.05) is 41.2 Å². The third kappa shape index (κ3) is 1.50. The Balaban J connectivity index is 1.98. The molecular weight excluding hydrogens is 188 g/mol. The first-order valence-corrected chi connectivity index (χ1v) is 4.83. The average Bonchev–Trinajstić information content (AvgIpc) is 2.86. The highest BCUT2D eigenvalue weighted by atomic mass is 15.3. The lowest BCUT2D eigenvalue weighted by molar-refractivity contribution is 0.663. The predicted octanol–water partition coefficient (Wildman–Crippen LogP) is 1.81. The molecule has 0 bridgehead atoms. The lowest BCUT2D eigenvalue weighted by Crippen LogP contribution is -2.01. The molecule has 2 heterocycles. The van der Waals surface area contributed by atoms with Crippen LogP contribution in [-0.4, -0.2) is 19.7 Å². The van der Waals surface area contributed by atoms with E-state index in [1.165, 1.54) is 0 Å². The summed E-state index contributed by atoms with van der Waals surface area (Å²) in [7, 11) is 0. The Morgan fingerprint density at radius 3 is 2.93 bits per heavy atom. The quantitative estimate of drug-likeness (QED) is 0.682. The van der Waals surface area contributed by atoms with Gasteiger partial charge in [0.15, 0.2) is 0 Å². The molecule has 3 aromatic rings. The lowest BCUT2D eigenvalue weighted by Gasteiger charge is -1.95. The zero-order chi connectivity index (χ0) is 10.1. The van der Waals surface area contributed by atoms with Gasteiger partial charge in [-0.2, -0.15) is 5.10 Å². The minimum Gasteiger partial charge on any atom is -0.340 e. The number of fused-ring (bicyclic) bond motifs is 1. The molecule has 1 aromatic carbocycles. The van der Waals surface area contributed by atoms with E-state index in [0.717, 1.165) is 16.9 Å². The number of para-hydroxylation sites is 2. The van der Waals surface area contributed by atoms with Crippen molar-refractivity contribution in [2.75, 3.05) is 0 Å². The van der Waals surface area contributed by atoms with E-state index < -0.39 is 0 Å². The lowest BCUT2D eigenvalue weighted by atomic mass is 10.3. The van der Waals surface area contributed by atoms with E-state index in [0.29, 0.717) is 6.54 Å². The van der Waals surface area contributed by atoms with Crippen molar-refractivity contribution in [3.63, 3.8) is 0 Å². The number of nitrogens with zero attached hydrogens (tertiary/aromatic N) is 3. The number of rotatable bonds is 2. The fourth-order valence-electron chi connectivity index (χ4n) is 1.63. The molecule has 0 aliphatic rings. The van der Waals surface area contributed by atoms with Crippen LogP contribution < -0.4 is 0 Å². The van der Waals surface area contributed by atoms with Crippen LogP contribution in [0.25, 0.3) is 11.0 Å². The summed E-state index contributed by atoms with van der Waals surface area (Å²) < 4.78 is 1.84. The number of imidazole rings is 1. The summed E-state index contributed by atoms with van der Waals surface area (Å²) in [6.07, 6.45) is 3.69. The summed E-state index contributed by atoms with van der Waals surface area (Å²) in [6.45, 7) is 0.682. The second kappa shape index (κ2) is 3.24. The molecule has 0 unspecified atom stereocenters. The smallest absolute Gasteiger partial charge is 0.129 e. The molecule has 15 heavy (non-hydrogen) atoms. The first-order chi connectivity index (χ1) is 7.42. The molecule has 0 aliphatic heterocycles. The summed E-state index contributed by atoms with van der Waals surface area (Å²) in [5.74, 6) is 0.930. The number of aromatic nitrogens is 4. The topological polar surface area (TPSA) is 46.5 Å². The maximum atomic E-state index is 4.47. The fourth-order valence-corrected chi connectivity index (χ4v) is 1.63. The molecule has 0 amide bonds. The second-order valence-corrected chi connectivity index (χ2v) is 3.40. The van der Waals surface area contributed by atoms with Crippen LogP contribution >= 0.6 is 0 Å². The molecule has 4 heteroatoms. The third-order valence-corrected chi connectivity index (χ3v) is 2.31. The average molecular weight is 198 g/mol. The van der Waals surface area contributed by atoms with E-state index in [9.17, 15) is 0 Å². The Morgan fingerprint density at radius 2 is 2.13 bits per heavy atom. The third-order valence-electron chi connectivity index (χ3n) is 2.31. The van der Waals surface area contributed by atoms with Crippen LogP contribution in [0.1, 0.15) is 5.82 Å². The van der Waals surface area contributed by atoms with Gasteiger partial charge in [0.25, 0.3) is 0 Å². The van der Waals surface area contributed by atoms with E-state index in [4.69, 9.17) is 0 Å². The minimum absolute atomic E-state index is 0.682. The molecule has 0 aliphatic carbocycles. The van der Waals surface area contributed by atoms with Gasteiger partial charge >= 0.3 is 0 Å². The maximum absolute atomic E-state index is 4.47. The van der Waals surface area contributed by atoms with Gasteiger partial charge in [0, 0.05) is 12.4 Å². The molecular formula is C11H10N4. The van der Waals surface area contributed by atoms with E-state index in [-0.39, 0.29) is 0 Å². The van der Waals surface area contributed by atoms with Crippen LogP contribution in [0.4, 0.5) is 0 Å². The number of aromatic amines is 1. The molecule has 0 radical (unpaired) electrons. The first-order valence-electron chi connectivity index (χ1n) is 4.83. The van der Waals surface area contributed by atoms with Crippen molar-refractivity contribution in [1.82, 2.24) is 19.7 Å². The minimum atomic E-state index is 0.682. The van der Waals surface area contributed by atoms with Crippen LogP contribution in [0.5, 0.6) is 0 Å². The fraction of sp³-hybridized carbons (Fsp3) is 0.0909. The second-order valence-electron chi connectivity index (χ2n) is 3.40. The largest absolute Gasteiger partial charge is 0.340 e. The number of hydrogen-bond donors (Lipinski definition) is 1. The van der Waals surface area contributed by atoms with E-state index in [1.54, 1.807) is 6.20 Å². The van der Waals surface area contributed by atoms with Crippen LogP contribution in [0.3, 0.4) is 0 Å². The van der Waals surface area contributed by atoms with Gasteiger partial charge in [-0.25, -0.2) is 4.98 Å². The van der Waals surface area contributed by atoms with Gasteiger partial charge in [-0.3, -0.25) is 4.68 Å². The number of H-pyrrole nitrogens is 1. The molecule has 0 saturated carbocycles. The van der Waals surface area contributed by atoms with Gasteiger partial charge in [-0.05, 0) is 18.2 Å². The summed E-state index contributed by atoms with van der Waals surface area (Å²) in [5.41, 5.74) is 2.07. The van der Waals surface area contributed by atoms with Crippen LogP contribution in [0.2, 0.25) is 0 Å². The Hall–Kier alpha value is -2.10. The van der Waals surface area contributed by atoms with Crippen LogP contribution in [0.15, 0.2) is 42.7 Å². The molecule has 1 N–H and O–H groups in total. The Kier molecular flexibility index (Phi) is 1.78. The van der Waals surface area contributed by atoms with Crippen LogP contribution in [-0.2, 0) is 6.54 Å². The zero-order valence-electron chi connectivity index (χ0n) is 8.09. The Labute approximate surface area is 86.6 Å². The highest BCUT2D eigenvalue weighted by Gasteiger charge is 2.01. The highest BCUT2D eigenvalue weighted by molar-refractivity contribution is 5.74. The van der Waals surface area contributed by atoms with E-state index in [2.05, 4.69) is 15.1 Å². The molecule has 0 spiro atoms. The van der Waals surface area contributed by atoms with Gasteiger partial charge < -0.3 is 4.98 Å². The monoisotopic (exact) mass is 198 g/mol. The van der Waals surface area contributed by atoms with Crippen molar-refractivity contribution in [2.24, 2.45) is 0 Å². The number of nitrogens with one attached hydrogen (secondary N) is 1. The highest BCUT2D eigenvalue weighted by Crippen LogP contribution is 2.10. The molecule has 2 aromatic heterocycles. The predicted molar refractivity (Wildman–Crippen MR) is 57.4 cm³/mol. The molecule has 0 fully saturated rings. The number of hydrogen-bond acceptors (Lipinski definition) is 2. The SMILES string of the molecule is c1ccc2[nH]c(Cn3cccn3)nc2c1. The normalized spacial score (nSPS) is 10.9. The Bertz CT molecular complexity index is 532.